The molecule has 1 unspecified atom stereocenters. The van der Waals surface area contributed by atoms with E-state index in [0.29, 0.717) is 0 Å². The smallest absolute Gasteiger partial charge is 0.0606 e. The standard InChI is InChI=1S/C14H26O/c1-11-7-9-13(10-8-11)14(15)12-5-3-2-4-6-12/h11-15H,2-10H2,1H3/i1D3,2D2,3D2,4D2,5D2,6D2,7D2,8D2,9D2,10D2,11D,12D,13D,14D. The van der Waals surface area contributed by atoms with Crippen LogP contribution in [0.15, 0.2) is 0 Å². The monoisotopic (exact) mass is 235 g/mol. The van der Waals surface area contributed by atoms with Gasteiger partial charge in [-0.2, -0.15) is 0 Å². The second kappa shape index (κ2) is 5.34. The summed E-state index contributed by atoms with van der Waals surface area (Å²) in [6.45, 7) is -4.25. The fourth-order valence-electron chi connectivity index (χ4n) is 0.924. The lowest BCUT2D eigenvalue weighted by Gasteiger charge is -2.35. The minimum absolute atomic E-state index is 4.24. The van der Waals surface area contributed by atoms with Gasteiger partial charge in [0.05, 0.1) is 7.45 Å². The largest absolute Gasteiger partial charge is 0.393 e. The van der Waals surface area contributed by atoms with Crippen LogP contribution in [0.1, 0.15) is 98.5 Å². The van der Waals surface area contributed by atoms with Gasteiger partial charge in [-0.1, -0.05) is 38.7 Å². The third-order valence-electron chi connectivity index (χ3n) is 1.60. The second-order valence-electron chi connectivity index (χ2n) is 2.60. The summed E-state index contributed by atoms with van der Waals surface area (Å²) in [4.78, 5) is 0. The average molecular weight is 236 g/mol. The summed E-state index contributed by atoms with van der Waals surface area (Å²) < 4.78 is 203. The number of rotatable bonds is 2. The molecule has 0 aromatic carbocycles. The quantitative estimate of drug-likeness (QED) is 0.773. The van der Waals surface area contributed by atoms with Crippen molar-refractivity contribution in [2.75, 3.05) is 0 Å². The van der Waals surface area contributed by atoms with E-state index in [-0.39, 0.29) is 0 Å². The van der Waals surface area contributed by atoms with Gasteiger partial charge in [0.25, 0.3) is 0 Å². The van der Waals surface area contributed by atoms with Crippen molar-refractivity contribution in [1.29, 1.82) is 0 Å². The molecule has 0 aliphatic heterocycles. The SMILES string of the molecule is [2H]C([2H])([2H])C1([2H])C([2H])([2H])C([2H])([2H])C([2H])(C([2H])(O)C2([2H])C([2H])([2H])C([2H])([2H])C([2H])([2H])C([2H])([2H])C2([2H])[2H])C([2H])([2H])C1([2H])[2H]. The first-order chi connectivity index (χ1) is 16.8. The Bertz CT molecular complexity index is 1000. The van der Waals surface area contributed by atoms with Gasteiger partial charge >= 0.3 is 0 Å². The number of hydrogen-bond donors (Lipinski definition) is 1. The summed E-state index contributed by atoms with van der Waals surface area (Å²) in [5.74, 6) is -14.6. The fraction of sp³-hybridized carbons (Fsp3) is 1.00. The number of hydrogen-bond acceptors (Lipinski definition) is 1. The van der Waals surface area contributed by atoms with Gasteiger partial charge < -0.3 is 5.11 Å². The molecule has 0 bridgehead atoms. The van der Waals surface area contributed by atoms with E-state index < -0.39 is 88.0 Å². The third kappa shape index (κ3) is 2.96. The molecule has 2 fully saturated rings. The van der Waals surface area contributed by atoms with Crippen LogP contribution in [-0.4, -0.2) is 11.2 Å². The Balaban J connectivity index is 3.27. The van der Waals surface area contributed by atoms with E-state index in [1.165, 1.54) is 0 Å². The van der Waals surface area contributed by atoms with E-state index in [1.54, 1.807) is 0 Å². The Hall–Kier alpha value is -0.0400. The zero-order valence-corrected chi connectivity index (χ0v) is 7.45. The highest BCUT2D eigenvalue weighted by Crippen LogP contribution is 2.36. The van der Waals surface area contributed by atoms with Crippen molar-refractivity contribution in [1.82, 2.24) is 0 Å². The molecule has 2 rings (SSSR count). The van der Waals surface area contributed by atoms with Crippen molar-refractivity contribution in [3.8, 4) is 0 Å². The van der Waals surface area contributed by atoms with Gasteiger partial charge in [-0.25, -0.2) is 0 Å². The molecular weight excluding hydrogens is 184 g/mol. The van der Waals surface area contributed by atoms with Crippen molar-refractivity contribution >= 4 is 0 Å². The summed E-state index contributed by atoms with van der Waals surface area (Å²) in [7, 11) is 0. The van der Waals surface area contributed by atoms with Crippen molar-refractivity contribution in [3.05, 3.63) is 0 Å². The maximum Gasteiger partial charge on any atom is 0.0606 e. The lowest BCUT2D eigenvalue weighted by atomic mass is 9.73. The fourth-order valence-corrected chi connectivity index (χ4v) is 0.924. The molecule has 2 aliphatic rings. The van der Waals surface area contributed by atoms with Gasteiger partial charge in [0.1, 0.15) is 0 Å². The first kappa shape index (κ1) is 1.74. The second-order valence-corrected chi connectivity index (χ2v) is 2.60. The molecule has 1 N–H and O–H groups in total. The minimum Gasteiger partial charge on any atom is -0.393 e. The molecule has 88 valence electrons. The predicted octanol–water partition coefficient (Wildman–Crippen LogP) is 3.75. The van der Waals surface area contributed by atoms with Gasteiger partial charge in [-0.15, -0.1) is 0 Å². The lowest BCUT2D eigenvalue weighted by Crippen LogP contribution is -2.33. The molecule has 0 aromatic heterocycles. The number of aliphatic hydroxyl groups is 1. The highest BCUT2D eigenvalue weighted by molar-refractivity contribution is 4.82. The Kier molecular flexibility index (Phi) is 0.618. The van der Waals surface area contributed by atoms with Crippen LogP contribution < -0.4 is 0 Å². The molecule has 1 heteroatoms. The summed E-state index contributed by atoms with van der Waals surface area (Å²) >= 11 is 0. The van der Waals surface area contributed by atoms with Gasteiger partial charge in [0.2, 0.25) is 0 Å². The molecule has 0 aromatic rings. The normalized spacial score (nSPS) is 106. The summed E-state index contributed by atoms with van der Waals surface area (Å²) in [5.41, 5.74) is 0. The van der Waals surface area contributed by atoms with E-state index in [2.05, 4.69) is 0 Å². The van der Waals surface area contributed by atoms with Crippen LogP contribution in [0.2, 0.25) is 0 Å². The molecular formula is C14H26O. The van der Waals surface area contributed by atoms with Crippen molar-refractivity contribution in [2.24, 2.45) is 17.7 Å². The zero-order chi connectivity index (χ0) is 33.0. The average Bonchev–Trinajstić information content (AvgIpc) is 2.73. The summed E-state index contributed by atoms with van der Waals surface area (Å²) in [6, 6.07) is 0. The Morgan fingerprint density at radius 3 is 2.33 bits per heavy atom. The summed E-state index contributed by atoms with van der Waals surface area (Å²) in [5, 5.41) is 11.4. The van der Waals surface area contributed by atoms with E-state index in [1.807, 2.05) is 0 Å². The third-order valence-corrected chi connectivity index (χ3v) is 1.60. The van der Waals surface area contributed by atoms with Crippen LogP contribution in [0.4, 0.5) is 0 Å². The topological polar surface area (TPSA) is 20.2 Å². The van der Waals surface area contributed by atoms with Gasteiger partial charge in [-0.3, -0.25) is 0 Å². The van der Waals surface area contributed by atoms with Gasteiger partial charge in [0, 0.05) is 32.9 Å². The van der Waals surface area contributed by atoms with E-state index in [4.69, 9.17) is 34.3 Å². The highest BCUT2D eigenvalue weighted by Gasteiger charge is 2.30. The van der Waals surface area contributed by atoms with Crippen molar-refractivity contribution in [3.63, 3.8) is 0 Å². The van der Waals surface area contributed by atoms with E-state index in [0.717, 1.165) is 0 Å². The minimum atomic E-state index is -5.33. The molecule has 0 saturated heterocycles. The maximum atomic E-state index is 11.4. The molecule has 0 radical (unpaired) electrons. The van der Waals surface area contributed by atoms with Crippen LogP contribution in [0.5, 0.6) is 0 Å². The van der Waals surface area contributed by atoms with Crippen LogP contribution in [0.25, 0.3) is 0 Å². The first-order valence-corrected chi connectivity index (χ1v) is 3.97. The van der Waals surface area contributed by atoms with Crippen LogP contribution in [-0.2, 0) is 0 Å². The van der Waals surface area contributed by atoms with E-state index in [9.17, 15) is 5.11 Å². The predicted molar refractivity (Wildman–Crippen MR) is 63.7 cm³/mol. The van der Waals surface area contributed by atoms with Crippen molar-refractivity contribution in [2.45, 2.75) is 70.3 Å². The Morgan fingerprint density at radius 2 is 1.73 bits per heavy atom. The zero-order valence-electron chi connectivity index (χ0n) is 32.4. The molecule has 1 atom stereocenters. The molecule has 0 amide bonds. The van der Waals surface area contributed by atoms with Gasteiger partial charge in [0.15, 0.2) is 0 Å². The molecule has 0 spiro atoms. The Labute approximate surface area is 129 Å². The molecule has 2 saturated carbocycles. The van der Waals surface area contributed by atoms with Crippen molar-refractivity contribution < 1.29 is 39.4 Å². The van der Waals surface area contributed by atoms with Crippen LogP contribution in [0.3, 0.4) is 0 Å². The van der Waals surface area contributed by atoms with Gasteiger partial charge in [-0.05, 0) is 43.2 Å². The Morgan fingerprint density at radius 1 is 1.13 bits per heavy atom. The lowest BCUT2D eigenvalue weighted by molar-refractivity contribution is 0.0134. The molecule has 1 nitrogen and oxygen atoms in total. The van der Waals surface area contributed by atoms with E-state index >= 15 is 0 Å². The molecule has 15 heavy (non-hydrogen) atoms. The highest BCUT2D eigenvalue weighted by atomic mass is 16.3. The van der Waals surface area contributed by atoms with Crippen LogP contribution >= 0.6 is 0 Å². The molecule has 2 aliphatic carbocycles. The summed E-state index contributed by atoms with van der Waals surface area (Å²) in [6.07, 6.45) is -46.9. The van der Waals surface area contributed by atoms with Crippen LogP contribution in [0, 0.1) is 17.7 Å². The molecule has 0 heterocycles. The first-order valence-electron chi connectivity index (χ1n) is 16.5. The maximum absolute atomic E-state index is 11.4.